The number of nitrogens with one attached hydrogen (secondary N) is 4. The fraction of sp³-hybridized carbons (Fsp3) is 0.282. The lowest BCUT2D eigenvalue weighted by Crippen LogP contribution is -2.34. The van der Waals surface area contributed by atoms with Crippen molar-refractivity contribution in [2.75, 3.05) is 75.2 Å². The van der Waals surface area contributed by atoms with E-state index in [0.29, 0.717) is 137 Å². The Bertz CT molecular complexity index is 4950. The molecule has 5 aromatic carbocycles. The number of ketones is 2. The summed E-state index contributed by atoms with van der Waals surface area (Å²) in [6.45, 7) is 9.75. The van der Waals surface area contributed by atoms with Gasteiger partial charge in [0.2, 0.25) is 5.91 Å². The molecule has 0 bridgehead atoms. The molecule has 620 valence electrons. The molecule has 7 aromatic heterocycles. The number of ether oxygens (including phenoxy) is 11. The molecule has 0 unspecified atom stereocenters. The minimum absolute atomic E-state index is 0.00172. The number of phenolic OH excluding ortho intramolecular Hbond substituents is 1. The van der Waals surface area contributed by atoms with E-state index in [1.165, 1.54) is 19.2 Å². The van der Waals surface area contributed by atoms with E-state index in [0.717, 1.165) is 62.2 Å². The smallest absolute Gasteiger partial charge is 0.305 e. The Balaban J connectivity index is 0.000000165. The van der Waals surface area contributed by atoms with E-state index in [9.17, 15) is 24.3 Å². The first-order chi connectivity index (χ1) is 58.1. The van der Waals surface area contributed by atoms with E-state index in [-0.39, 0.29) is 42.0 Å². The molecule has 119 heavy (non-hydrogen) atoms. The molecule has 0 radical (unpaired) electrons. The quantitative estimate of drug-likeness (QED) is 0.00592. The van der Waals surface area contributed by atoms with Gasteiger partial charge in [-0.2, -0.15) is 15.3 Å². The number of nitrogens with two attached hydrogens (primary N) is 3. The highest BCUT2D eigenvalue weighted by Gasteiger charge is 2.41. The maximum absolute atomic E-state index is 12.2. The molecule has 0 atom stereocenters. The number of esters is 1. The van der Waals surface area contributed by atoms with Gasteiger partial charge >= 0.3 is 5.97 Å². The number of methoxy groups -OCH3 is 5. The van der Waals surface area contributed by atoms with Crippen LogP contribution in [-0.4, -0.2) is 169 Å². The molecule has 0 aliphatic carbocycles. The normalized spacial score (nSPS) is 13.5. The van der Waals surface area contributed by atoms with Crippen molar-refractivity contribution < 1.29 is 76.4 Å². The molecule has 15 rings (SSSR count). The second-order valence-electron chi connectivity index (χ2n) is 25.6. The van der Waals surface area contributed by atoms with Gasteiger partial charge in [0, 0.05) is 152 Å². The van der Waals surface area contributed by atoms with Crippen molar-refractivity contribution in [1.29, 1.82) is 0 Å². The van der Waals surface area contributed by atoms with E-state index >= 15 is 0 Å². The molecule has 34 heteroatoms. The SMILES string of the molecule is COC(=O)CCC1(c2ccc(OC)cc2)OCCO1.COc1ccc(C(=O)CCc2nc(-c3ccncc3)n[nH]2)cc1.COc1ccc(C2(CCC(=O)NN)OCCO2)cc1.COc1ccc(C2(CCc3nc(-c4ccncc4)n[nH]3)OCCO2)cc1.NN.O=C(CCc1nc(-c2ccncc2)n[nH]1)c1ccc(O)cc1.[C-]#[N+]c1ccncc1. The minimum atomic E-state index is -0.862. The third-order valence-electron chi connectivity index (χ3n) is 18.3. The molecule has 11 N–H and O–H groups in total. The first-order valence-electron chi connectivity index (χ1n) is 37.5. The summed E-state index contributed by atoms with van der Waals surface area (Å²) >= 11 is 0. The van der Waals surface area contributed by atoms with Crippen LogP contribution in [0.25, 0.3) is 39.0 Å². The lowest BCUT2D eigenvalue weighted by Gasteiger charge is -2.27. The lowest BCUT2D eigenvalue weighted by molar-refractivity contribution is -0.177. The molecule has 0 spiro atoms. The number of hydrazine groups is 2. The van der Waals surface area contributed by atoms with E-state index in [1.54, 1.807) is 127 Å². The Morgan fingerprint density at radius 1 is 0.420 bits per heavy atom. The summed E-state index contributed by atoms with van der Waals surface area (Å²) in [6.07, 6.45) is 17.8. The molecular weight excluding hydrogens is 1530 g/mol. The van der Waals surface area contributed by atoms with Crippen molar-refractivity contribution in [3.63, 3.8) is 0 Å². The van der Waals surface area contributed by atoms with Gasteiger partial charge in [-0.25, -0.2) is 25.6 Å². The zero-order valence-electron chi connectivity index (χ0n) is 66.3. The predicted octanol–water partition coefficient (Wildman–Crippen LogP) is 10.8. The lowest BCUT2D eigenvalue weighted by atomic mass is 10.00. The number of phenols is 1. The van der Waals surface area contributed by atoms with Crippen LogP contribution in [0.4, 0.5) is 5.69 Å². The standard InChI is InChI=1S/C19H20N4O3.C17H16N4O2.C16H14N4O2.C14H18O5.C13H18N2O4.C6H4N2.H4N2/c1-24-16-4-2-15(3-5-16)19(25-12-13-26-19)9-6-17-21-18(23-22-17)14-7-10-20-11-8-14;1-23-14-4-2-12(3-5-14)15(22)6-7-16-19-17(21-20-16)13-8-10-18-11-9-13;21-13-3-1-11(2-4-13)14(22)5-6-15-18-16(20-19-15)12-7-9-17-10-8-12;1-16-12-5-3-11(4-6-12)14(18-9-10-19-14)8-7-13(15)17-2;1-17-11-4-2-10(3-5-11)13(18-8-9-19-13)7-6-12(16)15-14;1-7-6-2-4-8-5-3-6;1-2/h2-5,7-8,10-11H,6,9,12-13H2,1H3,(H,21,22,23);2-5,8-11H,6-7H2,1H3,(H,19,20,21);1-4,7-10,21H,5-6H2,(H,18,19,20);3-6H,7-10H2,1-2H3;2-5H,6-9,14H2,1H3,(H,15,16);2-5H;1-2H2. The number of carbonyl (C=O) groups excluding carboxylic acids is 4. The number of hydrogen-bond donors (Lipinski definition) is 8. The number of amides is 1. The Hall–Kier alpha value is -13.5. The van der Waals surface area contributed by atoms with Crippen LogP contribution in [-0.2, 0) is 79.4 Å². The van der Waals surface area contributed by atoms with Crippen molar-refractivity contribution >= 4 is 29.1 Å². The monoisotopic (exact) mass is 1620 g/mol. The van der Waals surface area contributed by atoms with Crippen LogP contribution in [0.3, 0.4) is 0 Å². The number of carbonyl (C=O) groups is 4. The molecule has 1 amide bonds. The van der Waals surface area contributed by atoms with Crippen LogP contribution < -0.4 is 41.9 Å². The van der Waals surface area contributed by atoms with Gasteiger partial charge in [0.25, 0.3) is 0 Å². The summed E-state index contributed by atoms with van der Waals surface area (Å²) in [6, 6.07) is 50.5. The molecule has 3 aliphatic rings. The van der Waals surface area contributed by atoms with Gasteiger partial charge in [-0.05, 0) is 170 Å². The molecule has 3 fully saturated rings. The highest BCUT2D eigenvalue weighted by molar-refractivity contribution is 5.96. The largest absolute Gasteiger partial charge is 0.508 e. The van der Waals surface area contributed by atoms with Crippen LogP contribution in [0.2, 0.25) is 0 Å². The number of pyridine rings is 4. The Morgan fingerprint density at radius 3 is 1.03 bits per heavy atom. The number of rotatable bonds is 27. The summed E-state index contributed by atoms with van der Waals surface area (Å²) in [4.78, 5) is 79.0. The van der Waals surface area contributed by atoms with Crippen LogP contribution >= 0.6 is 0 Å². The molecule has 10 heterocycles. The van der Waals surface area contributed by atoms with Gasteiger partial charge in [-0.3, -0.25) is 71.5 Å². The van der Waals surface area contributed by atoms with Gasteiger partial charge in [-0.1, -0.05) is 0 Å². The highest BCUT2D eigenvalue weighted by atomic mass is 16.7. The molecule has 3 aliphatic heterocycles. The summed E-state index contributed by atoms with van der Waals surface area (Å²) in [7, 11) is 7.85. The van der Waals surface area contributed by atoms with Crippen LogP contribution in [0, 0.1) is 6.57 Å². The number of aromatic amines is 3. The van der Waals surface area contributed by atoms with Gasteiger partial charge in [-0.15, -0.1) is 0 Å². The number of aromatic hydroxyl groups is 1. The Morgan fingerprint density at radius 2 is 0.723 bits per heavy atom. The Labute approximate surface area is 686 Å². The Kier molecular flexibility index (Phi) is 35.3. The number of hydrogen-bond acceptors (Lipinski definition) is 29. The summed E-state index contributed by atoms with van der Waals surface area (Å²) in [5, 5.41) is 30.5. The molecule has 0 saturated carbocycles. The van der Waals surface area contributed by atoms with Crippen molar-refractivity contribution in [3.8, 4) is 62.9 Å². The summed E-state index contributed by atoms with van der Waals surface area (Å²) in [5.74, 6) is 17.4. The van der Waals surface area contributed by atoms with E-state index in [2.05, 4.69) is 92.2 Å². The zero-order valence-corrected chi connectivity index (χ0v) is 66.3. The maximum atomic E-state index is 12.2. The van der Waals surface area contributed by atoms with Crippen molar-refractivity contribution in [2.45, 2.75) is 81.6 Å². The fourth-order valence-corrected chi connectivity index (χ4v) is 12.0. The molecular formula is C85H94N18O16. The van der Waals surface area contributed by atoms with E-state index in [4.69, 9.17) is 59.8 Å². The summed E-state index contributed by atoms with van der Waals surface area (Å²) < 4.78 is 60.0. The summed E-state index contributed by atoms with van der Waals surface area (Å²) in [5.41, 5.74) is 9.42. The van der Waals surface area contributed by atoms with Gasteiger partial charge in [0.1, 0.15) is 46.2 Å². The molecule has 12 aromatic rings. The third kappa shape index (κ3) is 26.8. The average Bonchev–Trinajstić information content (AvgIpc) is 1.71. The van der Waals surface area contributed by atoms with Crippen molar-refractivity contribution in [3.05, 3.63) is 276 Å². The van der Waals surface area contributed by atoms with Crippen molar-refractivity contribution in [1.82, 2.24) is 70.9 Å². The first kappa shape index (κ1) is 89.5. The van der Waals surface area contributed by atoms with E-state index in [1.807, 2.05) is 109 Å². The average molecular weight is 1620 g/mol. The van der Waals surface area contributed by atoms with Gasteiger partial charge in [0.15, 0.2) is 52.1 Å². The first-order valence-corrected chi connectivity index (χ1v) is 37.5. The zero-order chi connectivity index (χ0) is 84.5. The number of H-pyrrole nitrogens is 3. The minimum Gasteiger partial charge on any atom is -0.508 e. The predicted molar refractivity (Wildman–Crippen MR) is 435 cm³/mol. The number of Topliss-reactive ketones (excluding diaryl/α,β-unsaturated/α-hetero) is 2. The number of aryl methyl sites for hydroxylation is 3. The second-order valence-corrected chi connectivity index (χ2v) is 25.6. The van der Waals surface area contributed by atoms with Gasteiger partial charge < -0.3 is 57.2 Å². The number of benzene rings is 5. The topological polar surface area (TPSA) is 461 Å². The molecule has 34 nitrogen and oxygen atoms in total. The second kappa shape index (κ2) is 46.9. The van der Waals surface area contributed by atoms with Gasteiger partial charge in [0.05, 0.1) is 88.2 Å². The molecule has 3 saturated heterocycles. The van der Waals surface area contributed by atoms with Crippen LogP contribution in [0.5, 0.6) is 28.7 Å². The third-order valence-corrected chi connectivity index (χ3v) is 18.3. The van der Waals surface area contributed by atoms with Crippen molar-refractivity contribution in [2.24, 2.45) is 17.5 Å². The van der Waals surface area contributed by atoms with Crippen LogP contribution in [0.15, 0.2) is 219 Å². The maximum Gasteiger partial charge on any atom is 0.305 e. The van der Waals surface area contributed by atoms with E-state index < -0.39 is 17.4 Å². The highest BCUT2D eigenvalue weighted by Crippen LogP contribution is 2.40. The fourth-order valence-electron chi connectivity index (χ4n) is 12.0. The number of nitrogens with zero attached hydrogens (tertiary/aromatic N) is 11. The number of aromatic nitrogens is 13. The van der Waals surface area contributed by atoms with Crippen LogP contribution in [0.1, 0.15) is 99.8 Å².